The molecule has 4 aromatic rings. The molecule has 6 rings (SSSR count). The van der Waals surface area contributed by atoms with Gasteiger partial charge in [0.15, 0.2) is 5.65 Å². The molecular formula is C31H40N6O. The standard InChI is InChI=1S/C31H40N6O/c1-20(2)29-25-16-24(23-10-14-36(15-11-23)28(38)18-35-12-6-5-7-13-35)8-9-27(25)34-30(29)26-17-37-31(32-19-33-37)22(4)21(26)3/h8-9,16-17,19-20,23,34H,5-7,10-15,18H2,1-4H3. The molecule has 0 saturated carbocycles. The Labute approximate surface area is 225 Å². The number of nitrogens with one attached hydrogen (secondary N) is 1. The zero-order valence-corrected chi connectivity index (χ0v) is 23.3. The summed E-state index contributed by atoms with van der Waals surface area (Å²) < 4.78 is 1.89. The molecule has 2 aliphatic rings. The number of hydrogen-bond donors (Lipinski definition) is 1. The van der Waals surface area contributed by atoms with Crippen molar-refractivity contribution in [2.24, 2.45) is 0 Å². The molecule has 3 aromatic heterocycles. The maximum Gasteiger partial charge on any atom is 0.236 e. The van der Waals surface area contributed by atoms with Gasteiger partial charge in [0.05, 0.1) is 12.2 Å². The largest absolute Gasteiger partial charge is 0.354 e. The molecule has 0 spiro atoms. The van der Waals surface area contributed by atoms with Crippen molar-refractivity contribution in [2.45, 2.75) is 71.6 Å². The van der Waals surface area contributed by atoms with Crippen molar-refractivity contribution in [2.75, 3.05) is 32.7 Å². The Kier molecular flexibility index (Phi) is 6.72. The van der Waals surface area contributed by atoms with E-state index in [2.05, 4.69) is 77.0 Å². The van der Waals surface area contributed by atoms with Crippen LogP contribution in [0.2, 0.25) is 0 Å². The highest BCUT2D eigenvalue weighted by atomic mass is 16.2. The number of aromatic nitrogens is 4. The number of carbonyl (C=O) groups is 1. The fourth-order valence-corrected chi connectivity index (χ4v) is 6.62. The second kappa shape index (κ2) is 10.2. The van der Waals surface area contributed by atoms with E-state index in [1.54, 1.807) is 6.33 Å². The van der Waals surface area contributed by atoms with Crippen molar-refractivity contribution < 1.29 is 4.79 Å². The first-order valence-corrected chi connectivity index (χ1v) is 14.4. The highest BCUT2D eigenvalue weighted by molar-refractivity contribution is 5.92. The van der Waals surface area contributed by atoms with Gasteiger partial charge in [-0.05, 0) is 98.8 Å². The zero-order chi connectivity index (χ0) is 26.4. The first kappa shape index (κ1) is 25.1. The number of H-pyrrole nitrogens is 1. The molecule has 0 atom stereocenters. The number of benzene rings is 1. The quantitative estimate of drug-likeness (QED) is 0.366. The van der Waals surface area contributed by atoms with E-state index in [9.17, 15) is 4.79 Å². The predicted octanol–water partition coefficient (Wildman–Crippen LogP) is 5.81. The van der Waals surface area contributed by atoms with Crippen molar-refractivity contribution in [1.29, 1.82) is 0 Å². The van der Waals surface area contributed by atoms with Gasteiger partial charge in [-0.25, -0.2) is 9.50 Å². The Morgan fingerprint density at radius 3 is 2.55 bits per heavy atom. The molecule has 7 nitrogen and oxygen atoms in total. The van der Waals surface area contributed by atoms with Crippen LogP contribution in [0.1, 0.15) is 80.0 Å². The molecule has 1 aromatic carbocycles. The number of likely N-dealkylation sites (tertiary alicyclic amines) is 2. The molecule has 38 heavy (non-hydrogen) atoms. The third-order valence-electron chi connectivity index (χ3n) is 8.96. The SMILES string of the molecule is Cc1c(-c2[nH]c3ccc(C4CCN(C(=O)CN5CCCCC5)CC4)cc3c2C(C)C)cn2ncnc2c1C. The summed E-state index contributed by atoms with van der Waals surface area (Å²) in [6.07, 6.45) is 9.56. The van der Waals surface area contributed by atoms with Gasteiger partial charge in [-0.1, -0.05) is 26.3 Å². The van der Waals surface area contributed by atoms with Gasteiger partial charge >= 0.3 is 0 Å². The first-order valence-electron chi connectivity index (χ1n) is 14.4. The summed E-state index contributed by atoms with van der Waals surface area (Å²) in [5, 5.41) is 5.73. The fourth-order valence-electron chi connectivity index (χ4n) is 6.62. The topological polar surface area (TPSA) is 69.5 Å². The Morgan fingerprint density at radius 1 is 1.05 bits per heavy atom. The molecule has 200 valence electrons. The number of rotatable bonds is 5. The van der Waals surface area contributed by atoms with Crippen LogP contribution in [0.3, 0.4) is 0 Å². The number of fused-ring (bicyclic) bond motifs is 2. The lowest BCUT2D eigenvalue weighted by atomic mass is 9.87. The average molecular weight is 513 g/mol. The van der Waals surface area contributed by atoms with Crippen LogP contribution in [0, 0.1) is 13.8 Å². The minimum Gasteiger partial charge on any atom is -0.354 e. The van der Waals surface area contributed by atoms with E-state index in [-0.39, 0.29) is 0 Å². The molecule has 0 radical (unpaired) electrons. The van der Waals surface area contributed by atoms with Gasteiger partial charge in [0.25, 0.3) is 0 Å². The predicted molar refractivity (Wildman–Crippen MR) is 153 cm³/mol. The van der Waals surface area contributed by atoms with Gasteiger partial charge in [0.2, 0.25) is 5.91 Å². The lowest BCUT2D eigenvalue weighted by Crippen LogP contribution is -2.45. The van der Waals surface area contributed by atoms with Crippen molar-refractivity contribution in [3.63, 3.8) is 0 Å². The molecule has 5 heterocycles. The van der Waals surface area contributed by atoms with Crippen molar-refractivity contribution >= 4 is 22.5 Å². The van der Waals surface area contributed by atoms with Crippen LogP contribution in [0.4, 0.5) is 0 Å². The van der Waals surface area contributed by atoms with E-state index in [1.807, 2.05) is 4.52 Å². The summed E-state index contributed by atoms with van der Waals surface area (Å²) in [5.74, 6) is 1.18. The summed E-state index contributed by atoms with van der Waals surface area (Å²) in [4.78, 5) is 25.6. The van der Waals surface area contributed by atoms with Crippen LogP contribution < -0.4 is 0 Å². The number of nitrogens with zero attached hydrogens (tertiary/aromatic N) is 5. The summed E-state index contributed by atoms with van der Waals surface area (Å²) in [5.41, 5.74) is 9.61. The van der Waals surface area contributed by atoms with Gasteiger partial charge in [0.1, 0.15) is 6.33 Å². The second-order valence-electron chi connectivity index (χ2n) is 11.7. The van der Waals surface area contributed by atoms with Crippen LogP contribution in [0.5, 0.6) is 0 Å². The normalized spacial score (nSPS) is 17.8. The Bertz CT molecular complexity index is 1470. The Morgan fingerprint density at radius 2 is 1.82 bits per heavy atom. The van der Waals surface area contributed by atoms with E-state index in [0.717, 1.165) is 50.2 Å². The van der Waals surface area contributed by atoms with Gasteiger partial charge in [0, 0.05) is 35.8 Å². The molecule has 7 heteroatoms. The highest BCUT2D eigenvalue weighted by Crippen LogP contribution is 2.40. The molecule has 0 bridgehead atoms. The number of pyridine rings is 1. The van der Waals surface area contributed by atoms with E-state index < -0.39 is 0 Å². The van der Waals surface area contributed by atoms with Gasteiger partial charge in [-0.2, -0.15) is 5.10 Å². The third kappa shape index (κ3) is 4.51. The second-order valence-corrected chi connectivity index (χ2v) is 11.7. The van der Waals surface area contributed by atoms with Gasteiger partial charge in [-0.3, -0.25) is 9.69 Å². The van der Waals surface area contributed by atoms with Crippen LogP contribution in [-0.2, 0) is 4.79 Å². The minimum absolute atomic E-state index is 0.313. The van der Waals surface area contributed by atoms with Gasteiger partial charge in [-0.15, -0.1) is 0 Å². The number of piperidine rings is 2. The molecular weight excluding hydrogens is 472 g/mol. The number of aryl methyl sites for hydroxylation is 1. The Hall–Kier alpha value is -3.19. The van der Waals surface area contributed by atoms with Crippen molar-refractivity contribution in [3.05, 3.63) is 53.0 Å². The molecule has 2 saturated heterocycles. The van der Waals surface area contributed by atoms with Crippen molar-refractivity contribution in [1.82, 2.24) is 29.4 Å². The van der Waals surface area contributed by atoms with Crippen LogP contribution in [0.25, 0.3) is 27.8 Å². The van der Waals surface area contributed by atoms with E-state index >= 15 is 0 Å². The average Bonchev–Trinajstić information content (AvgIpc) is 3.56. The molecule has 1 N–H and O–H groups in total. The van der Waals surface area contributed by atoms with E-state index in [1.165, 1.54) is 58.1 Å². The lowest BCUT2D eigenvalue weighted by molar-refractivity contribution is -0.133. The molecule has 0 unspecified atom stereocenters. The molecule has 2 aliphatic heterocycles. The monoisotopic (exact) mass is 512 g/mol. The fraction of sp³-hybridized carbons (Fsp3) is 0.516. The van der Waals surface area contributed by atoms with E-state index in [0.29, 0.717) is 24.3 Å². The smallest absolute Gasteiger partial charge is 0.236 e. The number of amides is 1. The third-order valence-corrected chi connectivity index (χ3v) is 8.96. The summed E-state index contributed by atoms with van der Waals surface area (Å²) >= 11 is 0. The first-order chi connectivity index (χ1) is 18.4. The summed E-state index contributed by atoms with van der Waals surface area (Å²) in [7, 11) is 0. The van der Waals surface area contributed by atoms with Gasteiger partial charge < -0.3 is 9.88 Å². The summed E-state index contributed by atoms with van der Waals surface area (Å²) in [6.45, 7) is 13.3. The number of aromatic amines is 1. The van der Waals surface area contributed by atoms with Crippen LogP contribution in [-0.4, -0.2) is 68.0 Å². The lowest BCUT2D eigenvalue weighted by Gasteiger charge is -2.34. The highest BCUT2D eigenvalue weighted by Gasteiger charge is 2.27. The van der Waals surface area contributed by atoms with E-state index in [4.69, 9.17) is 0 Å². The van der Waals surface area contributed by atoms with Crippen LogP contribution >= 0.6 is 0 Å². The van der Waals surface area contributed by atoms with Crippen LogP contribution in [0.15, 0.2) is 30.7 Å². The maximum absolute atomic E-state index is 12.9. The molecule has 0 aliphatic carbocycles. The minimum atomic E-state index is 0.313. The summed E-state index contributed by atoms with van der Waals surface area (Å²) in [6, 6.07) is 6.96. The van der Waals surface area contributed by atoms with Crippen molar-refractivity contribution in [3.8, 4) is 11.3 Å². The molecule has 2 fully saturated rings. The number of hydrogen-bond acceptors (Lipinski definition) is 4. The molecule has 1 amide bonds. The Balaban J connectivity index is 1.25. The number of carbonyl (C=O) groups excluding carboxylic acids is 1. The maximum atomic E-state index is 12.9. The zero-order valence-electron chi connectivity index (χ0n) is 23.3.